The number of rotatable bonds is 7. The molecule has 114 valence electrons. The first-order valence-corrected chi connectivity index (χ1v) is 7.13. The van der Waals surface area contributed by atoms with E-state index in [2.05, 4.69) is 33.1 Å². The van der Waals surface area contributed by atoms with Crippen LogP contribution in [0.3, 0.4) is 0 Å². The van der Waals surface area contributed by atoms with Crippen LogP contribution in [0.4, 0.5) is 0 Å². The van der Waals surface area contributed by atoms with Crippen molar-refractivity contribution in [2.24, 2.45) is 23.6 Å². The quantitative estimate of drug-likeness (QED) is 0.595. The number of hydrogen-bond acceptors (Lipinski definition) is 4. The number of nitrogens with two attached hydrogens (primary N) is 1. The van der Waals surface area contributed by atoms with Gasteiger partial charge in [-0.3, -0.25) is 11.3 Å². The Balaban J connectivity index is 3.22. The first kappa shape index (κ1) is 16.8. The third-order valence-corrected chi connectivity index (χ3v) is 3.84. The molecule has 0 aliphatic carbocycles. The van der Waals surface area contributed by atoms with Crippen LogP contribution in [-0.2, 0) is 0 Å². The predicted molar refractivity (Wildman–Crippen MR) is 82.8 cm³/mol. The first-order valence-electron chi connectivity index (χ1n) is 7.13. The zero-order valence-corrected chi connectivity index (χ0v) is 13.4. The van der Waals surface area contributed by atoms with Crippen LogP contribution in [0, 0.1) is 17.8 Å². The smallest absolute Gasteiger partial charge is 0.122 e. The van der Waals surface area contributed by atoms with Crippen LogP contribution < -0.4 is 20.7 Å². The lowest BCUT2D eigenvalue weighted by molar-refractivity contribution is 0.210. The average molecular weight is 280 g/mol. The Kier molecular flexibility index (Phi) is 6.30. The van der Waals surface area contributed by atoms with Crippen molar-refractivity contribution in [2.75, 3.05) is 14.2 Å². The van der Waals surface area contributed by atoms with Gasteiger partial charge in [0.1, 0.15) is 11.5 Å². The highest BCUT2D eigenvalue weighted by atomic mass is 16.5. The Morgan fingerprint density at radius 2 is 1.35 bits per heavy atom. The van der Waals surface area contributed by atoms with Crippen LogP contribution in [0.2, 0.25) is 0 Å². The minimum atomic E-state index is 0.0685. The van der Waals surface area contributed by atoms with Gasteiger partial charge in [0.15, 0.2) is 0 Å². The Bertz CT molecular complexity index is 389. The minimum absolute atomic E-state index is 0.0685. The van der Waals surface area contributed by atoms with E-state index in [1.807, 2.05) is 18.2 Å². The van der Waals surface area contributed by atoms with Crippen LogP contribution in [-0.4, -0.2) is 14.2 Å². The van der Waals surface area contributed by atoms with Crippen LogP contribution in [0.15, 0.2) is 18.2 Å². The normalized spacial score (nSPS) is 13.1. The molecule has 0 spiro atoms. The van der Waals surface area contributed by atoms with Gasteiger partial charge in [-0.2, -0.15) is 0 Å². The summed E-state index contributed by atoms with van der Waals surface area (Å²) < 4.78 is 10.7. The molecule has 0 radical (unpaired) electrons. The van der Waals surface area contributed by atoms with E-state index in [1.165, 1.54) is 0 Å². The number of methoxy groups -OCH3 is 2. The molecule has 1 unspecified atom stereocenters. The molecule has 0 fully saturated rings. The molecule has 3 N–H and O–H groups in total. The van der Waals surface area contributed by atoms with Crippen molar-refractivity contribution in [1.29, 1.82) is 0 Å². The van der Waals surface area contributed by atoms with Gasteiger partial charge >= 0.3 is 0 Å². The van der Waals surface area contributed by atoms with Crippen molar-refractivity contribution in [2.45, 2.75) is 33.7 Å². The van der Waals surface area contributed by atoms with Crippen molar-refractivity contribution in [3.63, 3.8) is 0 Å². The fourth-order valence-electron chi connectivity index (χ4n) is 2.98. The van der Waals surface area contributed by atoms with E-state index < -0.39 is 0 Å². The maximum Gasteiger partial charge on any atom is 0.122 e. The summed E-state index contributed by atoms with van der Waals surface area (Å²) in [6.45, 7) is 8.91. The van der Waals surface area contributed by atoms with E-state index in [0.29, 0.717) is 17.8 Å². The first-order chi connectivity index (χ1) is 9.44. The molecule has 0 saturated heterocycles. The van der Waals surface area contributed by atoms with Gasteiger partial charge in [-0.1, -0.05) is 27.7 Å². The molecule has 1 rings (SSSR count). The molecule has 0 aliphatic rings. The Morgan fingerprint density at radius 3 is 1.65 bits per heavy atom. The van der Waals surface area contributed by atoms with Crippen molar-refractivity contribution >= 4 is 0 Å². The van der Waals surface area contributed by atoms with Gasteiger partial charge in [0.05, 0.1) is 14.2 Å². The molecule has 0 bridgehead atoms. The highest BCUT2D eigenvalue weighted by molar-refractivity contribution is 5.40. The van der Waals surface area contributed by atoms with E-state index >= 15 is 0 Å². The fourth-order valence-corrected chi connectivity index (χ4v) is 2.98. The summed E-state index contributed by atoms with van der Waals surface area (Å²) in [5, 5.41) is 0. The van der Waals surface area contributed by atoms with E-state index in [0.717, 1.165) is 17.1 Å². The molecule has 0 saturated carbocycles. The van der Waals surface area contributed by atoms with Gasteiger partial charge in [-0.25, -0.2) is 0 Å². The summed E-state index contributed by atoms with van der Waals surface area (Å²) in [5.41, 5.74) is 4.07. The Labute approximate surface area is 122 Å². The molecular formula is C16H28N2O2. The number of benzene rings is 1. The highest BCUT2D eigenvalue weighted by Crippen LogP contribution is 2.36. The van der Waals surface area contributed by atoms with E-state index in [-0.39, 0.29) is 6.04 Å². The van der Waals surface area contributed by atoms with Crippen molar-refractivity contribution in [1.82, 2.24) is 5.43 Å². The SMILES string of the molecule is COc1cc(OC)cc(C(NN)C(C(C)C)C(C)C)c1. The van der Waals surface area contributed by atoms with Gasteiger partial charge in [0.2, 0.25) is 0 Å². The van der Waals surface area contributed by atoms with Gasteiger partial charge in [0.25, 0.3) is 0 Å². The molecule has 1 aromatic rings. The fraction of sp³-hybridized carbons (Fsp3) is 0.625. The summed E-state index contributed by atoms with van der Waals surface area (Å²) in [5.74, 6) is 8.87. The van der Waals surface area contributed by atoms with E-state index in [9.17, 15) is 0 Å². The standard InChI is InChI=1S/C16H28N2O2/c1-10(2)15(11(3)4)16(18-17)12-7-13(19-5)9-14(8-12)20-6/h7-11,15-16,18H,17H2,1-6H3. The molecule has 20 heavy (non-hydrogen) atoms. The van der Waals surface area contributed by atoms with Gasteiger partial charge in [-0.15, -0.1) is 0 Å². The molecular weight excluding hydrogens is 252 g/mol. The average Bonchev–Trinajstić information content (AvgIpc) is 2.42. The molecule has 4 nitrogen and oxygen atoms in total. The maximum absolute atomic E-state index is 5.83. The molecule has 1 atom stereocenters. The monoisotopic (exact) mass is 280 g/mol. The maximum atomic E-state index is 5.83. The number of nitrogens with one attached hydrogen (secondary N) is 1. The molecule has 0 heterocycles. The molecule has 0 aliphatic heterocycles. The van der Waals surface area contributed by atoms with Gasteiger partial charge in [0, 0.05) is 12.1 Å². The second kappa shape index (κ2) is 7.50. The van der Waals surface area contributed by atoms with Crippen LogP contribution in [0.1, 0.15) is 39.3 Å². The number of ether oxygens (including phenoxy) is 2. The number of hydrazine groups is 1. The van der Waals surface area contributed by atoms with Crippen molar-refractivity contribution in [3.8, 4) is 11.5 Å². The summed E-state index contributed by atoms with van der Waals surface area (Å²) in [6, 6.07) is 5.98. The highest BCUT2D eigenvalue weighted by Gasteiger charge is 2.28. The molecule has 4 heteroatoms. The van der Waals surface area contributed by atoms with Crippen LogP contribution in [0.5, 0.6) is 11.5 Å². The minimum Gasteiger partial charge on any atom is -0.497 e. The van der Waals surface area contributed by atoms with Crippen molar-refractivity contribution < 1.29 is 9.47 Å². The molecule has 0 aromatic heterocycles. The van der Waals surface area contributed by atoms with E-state index in [1.54, 1.807) is 14.2 Å². The third kappa shape index (κ3) is 3.87. The third-order valence-electron chi connectivity index (χ3n) is 3.84. The molecule has 1 aromatic carbocycles. The lowest BCUT2D eigenvalue weighted by Crippen LogP contribution is -2.38. The lowest BCUT2D eigenvalue weighted by atomic mass is 9.77. The zero-order valence-electron chi connectivity index (χ0n) is 13.4. The second-order valence-electron chi connectivity index (χ2n) is 5.86. The summed E-state index contributed by atoms with van der Waals surface area (Å²) in [6.07, 6.45) is 0. The van der Waals surface area contributed by atoms with Gasteiger partial charge < -0.3 is 9.47 Å². The summed E-state index contributed by atoms with van der Waals surface area (Å²) in [7, 11) is 3.32. The Morgan fingerprint density at radius 1 is 0.900 bits per heavy atom. The second-order valence-corrected chi connectivity index (χ2v) is 5.86. The summed E-state index contributed by atoms with van der Waals surface area (Å²) >= 11 is 0. The Hall–Kier alpha value is -1.26. The topological polar surface area (TPSA) is 56.5 Å². The summed E-state index contributed by atoms with van der Waals surface area (Å²) in [4.78, 5) is 0. The van der Waals surface area contributed by atoms with Crippen LogP contribution in [0.25, 0.3) is 0 Å². The zero-order chi connectivity index (χ0) is 15.3. The molecule has 0 amide bonds. The predicted octanol–water partition coefficient (Wildman–Crippen LogP) is 3.14. The lowest BCUT2D eigenvalue weighted by Gasteiger charge is -2.33. The van der Waals surface area contributed by atoms with Gasteiger partial charge in [-0.05, 0) is 35.4 Å². The van der Waals surface area contributed by atoms with E-state index in [4.69, 9.17) is 15.3 Å². The van der Waals surface area contributed by atoms with Crippen molar-refractivity contribution in [3.05, 3.63) is 23.8 Å². The largest absolute Gasteiger partial charge is 0.497 e. The van der Waals surface area contributed by atoms with Crippen LogP contribution >= 0.6 is 0 Å². The number of hydrogen-bond donors (Lipinski definition) is 2.